The van der Waals surface area contributed by atoms with E-state index >= 15 is 4.39 Å². The van der Waals surface area contributed by atoms with Crippen molar-refractivity contribution < 1.29 is 51.8 Å². The van der Waals surface area contributed by atoms with E-state index < -0.39 is 47.0 Å². The first-order valence-corrected chi connectivity index (χ1v) is 26.2. The summed E-state index contributed by atoms with van der Waals surface area (Å²) in [6.07, 6.45) is 11.8. The number of aryl methyl sites for hydroxylation is 1. The van der Waals surface area contributed by atoms with E-state index in [0.29, 0.717) is 42.7 Å². The third kappa shape index (κ3) is 14.6. The van der Waals surface area contributed by atoms with Crippen molar-refractivity contribution in [3.8, 4) is 22.6 Å². The summed E-state index contributed by atoms with van der Waals surface area (Å²) in [5.41, 5.74) is 13.6. The van der Waals surface area contributed by atoms with Crippen LogP contribution in [0.3, 0.4) is 0 Å². The Balaban J connectivity index is 0.000000223. The van der Waals surface area contributed by atoms with Crippen LogP contribution < -0.4 is 36.5 Å². The van der Waals surface area contributed by atoms with Gasteiger partial charge in [-0.1, -0.05) is 67.3 Å². The number of hydrogen-bond donors (Lipinski definition) is 4. The number of halogens is 3. The number of likely N-dealkylation sites (tertiary alicyclic amines) is 1. The van der Waals surface area contributed by atoms with Gasteiger partial charge in [0.2, 0.25) is 17.7 Å². The molecule has 1 unspecified atom stereocenters. The molecule has 2 saturated heterocycles. The number of imide groups is 1. The molecule has 4 fully saturated rings. The number of piperidine rings is 1. The summed E-state index contributed by atoms with van der Waals surface area (Å²) in [6.45, 7) is 3.09. The molecule has 402 valence electrons. The molecule has 2 saturated carbocycles. The minimum atomic E-state index is -0.995. The van der Waals surface area contributed by atoms with E-state index in [9.17, 15) is 33.2 Å². The maximum absolute atomic E-state index is 15.6. The standard InChI is InChI=1S/C31H44N4O6.C25H24ClF2N3O3/c1-21-7-10-26(19-27(21)35-18-15-28(36)33-31(35)39)40-20-29(37)34-16-13-25(14-17-34)41-24-11-8-22(9-12-24)30(38)32-23-5-3-2-4-6-23;1-31(2)21(32)13-34-20-9-8-16(25(30)33)22(24(20)28)17-10-15(11-19(27)23(17)26)18(12-29)14-6-4-3-5-7-14/h7,10,19,22-25H,2-6,8-9,11-18,20H2,1H3,(H,32,38)(H,33,36,39);3-11,18H,12-13,29H2,1-2H3,(H2,30,33). The highest BCUT2D eigenvalue weighted by molar-refractivity contribution is 6.33. The van der Waals surface area contributed by atoms with Gasteiger partial charge in [-0.2, -0.15) is 0 Å². The summed E-state index contributed by atoms with van der Waals surface area (Å²) < 4.78 is 48.1. The summed E-state index contributed by atoms with van der Waals surface area (Å²) in [6, 6.07) is 19.6. The molecular weight excluding hydrogens is 988 g/mol. The number of ether oxygens (including phenoxy) is 3. The molecule has 4 aromatic carbocycles. The zero-order valence-electron chi connectivity index (χ0n) is 42.8. The molecule has 0 bridgehead atoms. The first kappa shape index (κ1) is 56.1. The highest BCUT2D eigenvalue weighted by atomic mass is 35.5. The fourth-order valence-electron chi connectivity index (χ4n) is 10.1. The number of rotatable bonds is 16. The van der Waals surface area contributed by atoms with Gasteiger partial charge in [0.15, 0.2) is 24.8 Å². The Bertz CT molecular complexity index is 2690. The fourth-order valence-corrected chi connectivity index (χ4v) is 10.3. The van der Waals surface area contributed by atoms with Crippen molar-refractivity contribution in [3.63, 3.8) is 0 Å². The molecule has 75 heavy (non-hydrogen) atoms. The number of hydrogen-bond acceptors (Lipinski definition) is 10. The van der Waals surface area contributed by atoms with E-state index in [1.165, 1.54) is 67.4 Å². The summed E-state index contributed by atoms with van der Waals surface area (Å²) in [5.74, 6) is -3.37. The van der Waals surface area contributed by atoms with Crippen LogP contribution in [0.4, 0.5) is 19.3 Å². The number of benzene rings is 4. The van der Waals surface area contributed by atoms with Crippen LogP contribution in [0.1, 0.15) is 110 Å². The molecule has 4 aromatic rings. The third-order valence-electron chi connectivity index (χ3n) is 14.4. The minimum absolute atomic E-state index is 0.0728. The largest absolute Gasteiger partial charge is 0.484 e. The van der Waals surface area contributed by atoms with Gasteiger partial charge in [0, 0.05) is 81.8 Å². The Hall–Kier alpha value is -6.63. The molecule has 0 aromatic heterocycles. The van der Waals surface area contributed by atoms with Gasteiger partial charge in [0.1, 0.15) is 11.6 Å². The molecule has 0 radical (unpaired) electrons. The van der Waals surface area contributed by atoms with Crippen molar-refractivity contribution in [3.05, 3.63) is 112 Å². The molecule has 19 heteroatoms. The molecule has 16 nitrogen and oxygen atoms in total. The average Bonchev–Trinajstić information content (AvgIpc) is 3.40. The number of carbonyl (C=O) groups excluding carboxylic acids is 6. The molecule has 6 N–H and O–H groups in total. The topological polar surface area (TPSA) is 216 Å². The van der Waals surface area contributed by atoms with Gasteiger partial charge in [0.25, 0.3) is 11.8 Å². The molecule has 8 rings (SSSR count). The van der Waals surface area contributed by atoms with Gasteiger partial charge in [-0.3, -0.25) is 34.2 Å². The van der Waals surface area contributed by atoms with Gasteiger partial charge >= 0.3 is 6.03 Å². The maximum atomic E-state index is 15.6. The Morgan fingerprint density at radius 2 is 1.52 bits per heavy atom. The van der Waals surface area contributed by atoms with Crippen molar-refractivity contribution in [2.45, 2.75) is 108 Å². The predicted molar refractivity (Wildman–Crippen MR) is 280 cm³/mol. The second-order valence-corrected chi connectivity index (χ2v) is 20.2. The number of nitrogens with zero attached hydrogens (tertiary/aromatic N) is 3. The Labute approximate surface area is 441 Å². The van der Waals surface area contributed by atoms with E-state index in [4.69, 9.17) is 37.3 Å². The van der Waals surface area contributed by atoms with Crippen molar-refractivity contribution >= 4 is 52.9 Å². The number of anilines is 1. The van der Waals surface area contributed by atoms with Gasteiger partial charge < -0.3 is 40.8 Å². The van der Waals surface area contributed by atoms with Gasteiger partial charge in [-0.15, -0.1) is 0 Å². The number of nitrogens with two attached hydrogens (primary N) is 2. The monoisotopic (exact) mass is 1060 g/mol. The lowest BCUT2D eigenvalue weighted by Crippen LogP contribution is -2.49. The first-order valence-electron chi connectivity index (χ1n) is 25.8. The van der Waals surface area contributed by atoms with Crippen LogP contribution in [-0.4, -0.2) is 117 Å². The Kier molecular flexibility index (Phi) is 19.6. The normalized spacial score (nSPS) is 18.8. The van der Waals surface area contributed by atoms with Crippen LogP contribution in [0.15, 0.2) is 72.8 Å². The SMILES string of the molecule is CN(C)C(=O)COc1ccc(C(N)=O)c(-c2cc(C(CN)c3ccccc3)cc(F)c2Cl)c1F.Cc1ccc(OCC(=O)N2CCC(OC3CCC(C(=O)NC4CCCCC4)CC3)CC2)cc1N1CCC(=O)NC1=O. The van der Waals surface area contributed by atoms with E-state index in [2.05, 4.69) is 10.6 Å². The van der Waals surface area contributed by atoms with Crippen molar-refractivity contribution in [1.29, 1.82) is 0 Å². The number of primary amides is 1. The number of likely N-dealkylation sites (N-methyl/N-ethyl adjacent to an activating group) is 1. The quantitative estimate of drug-likeness (QED) is 0.0855. The molecule has 1 atom stereocenters. The zero-order chi connectivity index (χ0) is 53.8. The Morgan fingerprint density at radius 1 is 0.827 bits per heavy atom. The molecule has 4 aliphatic rings. The fraction of sp³-hybridized carbons (Fsp3) is 0.464. The maximum Gasteiger partial charge on any atom is 0.328 e. The van der Waals surface area contributed by atoms with Gasteiger partial charge in [-0.25, -0.2) is 13.6 Å². The number of carbonyl (C=O) groups is 6. The van der Waals surface area contributed by atoms with Crippen LogP contribution >= 0.6 is 11.6 Å². The minimum Gasteiger partial charge on any atom is -0.484 e. The summed E-state index contributed by atoms with van der Waals surface area (Å²) in [7, 11) is 3.05. The van der Waals surface area contributed by atoms with Crippen LogP contribution in [-0.2, 0) is 23.9 Å². The van der Waals surface area contributed by atoms with Crippen molar-refractivity contribution in [2.24, 2.45) is 17.4 Å². The molecule has 0 spiro atoms. The second-order valence-electron chi connectivity index (χ2n) is 19.8. The van der Waals surface area contributed by atoms with E-state index in [1.54, 1.807) is 12.1 Å². The van der Waals surface area contributed by atoms with Crippen LogP contribution in [0, 0.1) is 24.5 Å². The smallest absolute Gasteiger partial charge is 0.328 e. The summed E-state index contributed by atoms with van der Waals surface area (Å²) in [4.78, 5) is 77.9. The van der Waals surface area contributed by atoms with E-state index in [0.717, 1.165) is 62.5 Å². The number of urea groups is 1. The van der Waals surface area contributed by atoms with Gasteiger partial charge in [-0.05, 0) is 105 Å². The van der Waals surface area contributed by atoms with Crippen molar-refractivity contribution in [2.75, 3.05) is 58.4 Å². The lowest BCUT2D eigenvalue weighted by atomic mass is 9.86. The average molecular weight is 1060 g/mol. The highest BCUT2D eigenvalue weighted by Crippen LogP contribution is 2.41. The van der Waals surface area contributed by atoms with Crippen LogP contribution in [0.2, 0.25) is 5.02 Å². The van der Waals surface area contributed by atoms with Crippen LogP contribution in [0.5, 0.6) is 11.5 Å². The molecule has 2 heterocycles. The third-order valence-corrected chi connectivity index (χ3v) is 14.8. The second kappa shape index (κ2) is 26.2. The van der Waals surface area contributed by atoms with Gasteiger partial charge in [0.05, 0.1) is 28.5 Å². The first-order chi connectivity index (χ1) is 36.0. The number of amides is 7. The molecule has 7 amide bonds. The summed E-state index contributed by atoms with van der Waals surface area (Å²) in [5, 5.41) is 5.23. The molecule has 2 aliphatic heterocycles. The molecular formula is C56H68ClF2N7O9. The van der Waals surface area contributed by atoms with Crippen molar-refractivity contribution in [1.82, 2.24) is 20.4 Å². The van der Waals surface area contributed by atoms with E-state index in [-0.39, 0.29) is 77.9 Å². The number of nitrogens with one attached hydrogen (secondary N) is 2. The highest BCUT2D eigenvalue weighted by Gasteiger charge is 2.32. The Morgan fingerprint density at radius 3 is 2.17 bits per heavy atom. The summed E-state index contributed by atoms with van der Waals surface area (Å²) >= 11 is 6.24. The zero-order valence-corrected chi connectivity index (χ0v) is 43.6. The van der Waals surface area contributed by atoms with Crippen LogP contribution in [0.25, 0.3) is 11.1 Å². The lowest BCUT2D eigenvalue weighted by molar-refractivity contribution is -0.137. The molecule has 2 aliphatic carbocycles. The van der Waals surface area contributed by atoms with E-state index in [1.807, 2.05) is 48.2 Å². The lowest BCUT2D eigenvalue weighted by Gasteiger charge is -2.36. The predicted octanol–water partition coefficient (Wildman–Crippen LogP) is 7.78.